The Kier molecular flexibility index (Phi) is 4.04. The summed E-state index contributed by atoms with van der Waals surface area (Å²) in [6.07, 6.45) is 2.44. The predicted octanol–water partition coefficient (Wildman–Crippen LogP) is 1.12. The zero-order valence-corrected chi connectivity index (χ0v) is 8.69. The van der Waals surface area contributed by atoms with Crippen molar-refractivity contribution in [1.82, 2.24) is 4.67 Å². The number of amides is 2. The zero-order valence-electron chi connectivity index (χ0n) is 7.69. The van der Waals surface area contributed by atoms with Crippen LogP contribution in [0.1, 0.15) is 19.3 Å². The predicted molar refractivity (Wildman–Crippen MR) is 50.9 cm³/mol. The Bertz CT molecular complexity index is 273. The van der Waals surface area contributed by atoms with Crippen LogP contribution in [-0.2, 0) is 18.7 Å². The standard InChI is InChI=1S/C8H12NO4P/c1-2-3-6-13-14(12)9-7(10)4-5-8(9)11/h2,14H,1,3-6H2. The molecule has 1 saturated heterocycles. The van der Waals surface area contributed by atoms with E-state index in [0.717, 1.165) is 4.67 Å². The van der Waals surface area contributed by atoms with Crippen molar-refractivity contribution in [2.75, 3.05) is 6.61 Å². The van der Waals surface area contributed by atoms with Crippen molar-refractivity contribution < 1.29 is 18.7 Å². The van der Waals surface area contributed by atoms with Crippen molar-refractivity contribution in [3.8, 4) is 0 Å². The molecule has 6 heteroatoms. The van der Waals surface area contributed by atoms with E-state index >= 15 is 0 Å². The van der Waals surface area contributed by atoms with E-state index in [-0.39, 0.29) is 19.4 Å². The van der Waals surface area contributed by atoms with Gasteiger partial charge in [-0.1, -0.05) is 6.08 Å². The van der Waals surface area contributed by atoms with Gasteiger partial charge in [-0.3, -0.25) is 14.2 Å². The Hall–Kier alpha value is -0.930. The smallest absolute Gasteiger partial charge is 0.293 e. The summed E-state index contributed by atoms with van der Waals surface area (Å²) in [5.74, 6) is -0.810. The largest absolute Gasteiger partial charge is 0.315 e. The Morgan fingerprint density at radius 2 is 2.00 bits per heavy atom. The Labute approximate surface area is 82.6 Å². The molecule has 1 aliphatic rings. The van der Waals surface area contributed by atoms with Gasteiger partial charge in [0.1, 0.15) is 0 Å². The van der Waals surface area contributed by atoms with Gasteiger partial charge in [0.05, 0.1) is 6.61 Å². The maximum Gasteiger partial charge on any atom is 0.293 e. The fourth-order valence-corrected chi connectivity index (χ4v) is 2.13. The molecule has 0 bridgehead atoms. The monoisotopic (exact) mass is 217 g/mol. The van der Waals surface area contributed by atoms with E-state index in [4.69, 9.17) is 4.52 Å². The molecule has 1 rings (SSSR count). The molecule has 1 unspecified atom stereocenters. The lowest BCUT2D eigenvalue weighted by molar-refractivity contribution is -0.132. The van der Waals surface area contributed by atoms with Crippen LogP contribution in [0.4, 0.5) is 0 Å². The topological polar surface area (TPSA) is 63.7 Å². The number of nitrogens with zero attached hydrogens (tertiary/aromatic N) is 1. The van der Waals surface area contributed by atoms with Crippen LogP contribution in [0.5, 0.6) is 0 Å². The molecule has 5 nitrogen and oxygen atoms in total. The van der Waals surface area contributed by atoms with Gasteiger partial charge in [0.25, 0.3) is 8.18 Å². The van der Waals surface area contributed by atoms with Gasteiger partial charge in [-0.25, -0.2) is 4.67 Å². The van der Waals surface area contributed by atoms with Gasteiger partial charge in [-0.15, -0.1) is 6.58 Å². The van der Waals surface area contributed by atoms with Gasteiger partial charge in [0, 0.05) is 12.8 Å². The minimum Gasteiger partial charge on any atom is -0.315 e. The molecule has 0 aromatic carbocycles. The minimum atomic E-state index is -2.70. The molecule has 1 aliphatic heterocycles. The van der Waals surface area contributed by atoms with Crippen molar-refractivity contribution in [3.05, 3.63) is 12.7 Å². The maximum absolute atomic E-state index is 11.4. The summed E-state index contributed by atoms with van der Waals surface area (Å²) in [5, 5.41) is 0. The second kappa shape index (κ2) is 5.08. The molecule has 1 atom stereocenters. The third-order valence-corrected chi connectivity index (χ3v) is 3.10. The average Bonchev–Trinajstić information content (AvgIpc) is 2.46. The molecule has 0 spiro atoms. The van der Waals surface area contributed by atoms with Crippen LogP contribution in [0.2, 0.25) is 0 Å². The number of hydrogen-bond acceptors (Lipinski definition) is 4. The fourth-order valence-electron chi connectivity index (χ4n) is 1.07. The van der Waals surface area contributed by atoms with Gasteiger partial charge in [-0.05, 0) is 6.42 Å². The number of carbonyl (C=O) groups excluding carboxylic acids is 2. The van der Waals surface area contributed by atoms with Crippen LogP contribution in [0.3, 0.4) is 0 Å². The van der Waals surface area contributed by atoms with Crippen LogP contribution in [0.25, 0.3) is 0 Å². The quantitative estimate of drug-likeness (QED) is 0.299. The Morgan fingerprint density at radius 3 is 2.50 bits per heavy atom. The SMILES string of the molecule is C=CCCO[PH](=O)N1C(=O)CCC1=O. The van der Waals surface area contributed by atoms with E-state index < -0.39 is 20.0 Å². The molecule has 1 fully saturated rings. The van der Waals surface area contributed by atoms with Crippen molar-refractivity contribution >= 4 is 20.0 Å². The Balaban J connectivity index is 2.47. The van der Waals surface area contributed by atoms with E-state index in [1.807, 2.05) is 0 Å². The third kappa shape index (κ3) is 2.53. The highest BCUT2D eigenvalue weighted by atomic mass is 31.1. The maximum atomic E-state index is 11.4. The minimum absolute atomic E-state index is 0.139. The summed E-state index contributed by atoms with van der Waals surface area (Å²) in [6, 6.07) is 0. The van der Waals surface area contributed by atoms with Crippen molar-refractivity contribution in [2.45, 2.75) is 19.3 Å². The van der Waals surface area contributed by atoms with Gasteiger partial charge in [-0.2, -0.15) is 0 Å². The summed E-state index contributed by atoms with van der Waals surface area (Å²) in [5.41, 5.74) is 0. The summed E-state index contributed by atoms with van der Waals surface area (Å²) in [4.78, 5) is 22.2. The number of imide groups is 1. The highest BCUT2D eigenvalue weighted by molar-refractivity contribution is 7.38. The van der Waals surface area contributed by atoms with Gasteiger partial charge in [0.2, 0.25) is 11.8 Å². The van der Waals surface area contributed by atoms with Crippen molar-refractivity contribution in [1.29, 1.82) is 0 Å². The lowest BCUT2D eigenvalue weighted by Gasteiger charge is -2.12. The number of hydrogen-bond donors (Lipinski definition) is 0. The lowest BCUT2D eigenvalue weighted by Crippen LogP contribution is -2.21. The second-order valence-electron chi connectivity index (χ2n) is 2.81. The molecule has 0 aliphatic carbocycles. The molecule has 1 heterocycles. The molecule has 0 N–H and O–H groups in total. The summed E-state index contributed by atoms with van der Waals surface area (Å²) >= 11 is 0. The van der Waals surface area contributed by atoms with Gasteiger partial charge >= 0.3 is 0 Å². The molecular weight excluding hydrogens is 205 g/mol. The van der Waals surface area contributed by atoms with Crippen molar-refractivity contribution in [3.63, 3.8) is 0 Å². The highest BCUT2D eigenvalue weighted by Gasteiger charge is 2.33. The van der Waals surface area contributed by atoms with Crippen LogP contribution >= 0.6 is 8.18 Å². The Morgan fingerprint density at radius 1 is 1.43 bits per heavy atom. The van der Waals surface area contributed by atoms with Crippen LogP contribution in [0, 0.1) is 0 Å². The average molecular weight is 217 g/mol. The molecule has 0 aromatic rings. The van der Waals surface area contributed by atoms with Gasteiger partial charge in [0.15, 0.2) is 0 Å². The van der Waals surface area contributed by atoms with Gasteiger partial charge < -0.3 is 4.52 Å². The molecule has 14 heavy (non-hydrogen) atoms. The molecule has 0 radical (unpaired) electrons. The second-order valence-corrected chi connectivity index (χ2v) is 4.08. The highest BCUT2D eigenvalue weighted by Crippen LogP contribution is 2.34. The van der Waals surface area contributed by atoms with E-state index in [9.17, 15) is 14.2 Å². The first-order valence-electron chi connectivity index (χ1n) is 4.30. The first kappa shape index (κ1) is 11.1. The molecule has 2 amide bonds. The third-order valence-electron chi connectivity index (χ3n) is 1.78. The number of carbonyl (C=O) groups is 2. The normalized spacial score (nSPS) is 18.7. The first-order chi connectivity index (χ1) is 6.66. The number of rotatable bonds is 5. The fraction of sp³-hybridized carbons (Fsp3) is 0.500. The summed E-state index contributed by atoms with van der Waals surface area (Å²) in [6.45, 7) is 3.69. The van der Waals surface area contributed by atoms with Crippen LogP contribution in [0.15, 0.2) is 12.7 Å². The van der Waals surface area contributed by atoms with Crippen LogP contribution < -0.4 is 0 Å². The van der Waals surface area contributed by atoms with Crippen molar-refractivity contribution in [2.24, 2.45) is 0 Å². The molecule has 0 aromatic heterocycles. The molecule has 78 valence electrons. The van der Waals surface area contributed by atoms with E-state index in [0.29, 0.717) is 6.42 Å². The van der Waals surface area contributed by atoms with Crippen LogP contribution in [-0.4, -0.2) is 23.1 Å². The summed E-state index contributed by atoms with van der Waals surface area (Å²) < 4.78 is 17.0. The molecular formula is C8H12NO4P. The zero-order chi connectivity index (χ0) is 10.6. The van der Waals surface area contributed by atoms with E-state index in [1.54, 1.807) is 6.08 Å². The summed E-state index contributed by atoms with van der Waals surface area (Å²) in [7, 11) is -2.70. The first-order valence-corrected chi connectivity index (χ1v) is 5.56. The lowest BCUT2D eigenvalue weighted by atomic mass is 10.4. The van der Waals surface area contributed by atoms with E-state index in [1.165, 1.54) is 0 Å². The molecule has 0 saturated carbocycles. The van der Waals surface area contributed by atoms with E-state index in [2.05, 4.69) is 6.58 Å².